The summed E-state index contributed by atoms with van der Waals surface area (Å²) >= 11 is 0. The molecular weight excluding hydrogens is 212 g/mol. The predicted molar refractivity (Wildman–Crippen MR) is 73.4 cm³/mol. The quantitative estimate of drug-likeness (QED) is 0.800. The second-order valence-electron chi connectivity index (χ2n) is 6.59. The van der Waals surface area contributed by atoms with Crippen molar-refractivity contribution in [2.45, 2.75) is 65.2 Å². The van der Waals surface area contributed by atoms with Crippen LogP contribution in [-0.4, -0.2) is 48.3 Å². The highest BCUT2D eigenvalue weighted by atomic mass is 16.5. The van der Waals surface area contributed by atoms with Crippen LogP contribution in [-0.2, 0) is 4.74 Å². The van der Waals surface area contributed by atoms with Crippen molar-refractivity contribution < 1.29 is 4.74 Å². The fourth-order valence-electron chi connectivity index (χ4n) is 2.43. The Morgan fingerprint density at radius 1 is 1.41 bits per heavy atom. The summed E-state index contributed by atoms with van der Waals surface area (Å²) in [6.45, 7) is 17.5. The summed E-state index contributed by atoms with van der Waals surface area (Å²) < 4.78 is 5.91. The molecule has 17 heavy (non-hydrogen) atoms. The van der Waals surface area contributed by atoms with Gasteiger partial charge in [0, 0.05) is 31.7 Å². The third-order valence-corrected chi connectivity index (χ3v) is 3.56. The maximum absolute atomic E-state index is 5.91. The Bertz CT molecular complexity index is 238. The molecule has 1 unspecified atom stereocenters. The Morgan fingerprint density at radius 2 is 2.06 bits per heavy atom. The molecular formula is C14H30N2O. The normalized spacial score (nSPS) is 26.1. The summed E-state index contributed by atoms with van der Waals surface area (Å²) in [7, 11) is 0. The van der Waals surface area contributed by atoms with Crippen LogP contribution in [0.2, 0.25) is 0 Å². The number of nitrogens with zero attached hydrogens (tertiary/aromatic N) is 1. The summed E-state index contributed by atoms with van der Waals surface area (Å²) in [5, 5.41) is 3.62. The van der Waals surface area contributed by atoms with Crippen LogP contribution < -0.4 is 5.32 Å². The first-order chi connectivity index (χ1) is 7.74. The van der Waals surface area contributed by atoms with Crippen LogP contribution in [0.25, 0.3) is 0 Å². The maximum atomic E-state index is 5.91. The van der Waals surface area contributed by atoms with Gasteiger partial charge in [-0.3, -0.25) is 4.90 Å². The van der Waals surface area contributed by atoms with Crippen molar-refractivity contribution in [1.82, 2.24) is 10.2 Å². The molecule has 1 aliphatic heterocycles. The van der Waals surface area contributed by atoms with Gasteiger partial charge in [0.2, 0.25) is 0 Å². The Hall–Kier alpha value is -0.120. The largest absolute Gasteiger partial charge is 0.370 e. The minimum absolute atomic E-state index is 0.00204. The second kappa shape index (κ2) is 5.68. The van der Waals surface area contributed by atoms with Crippen LogP contribution in [0.1, 0.15) is 48.0 Å². The molecule has 0 aromatic rings. The van der Waals surface area contributed by atoms with Gasteiger partial charge in [-0.2, -0.15) is 0 Å². The van der Waals surface area contributed by atoms with Gasteiger partial charge in [0.25, 0.3) is 0 Å². The van der Waals surface area contributed by atoms with E-state index in [2.05, 4.69) is 51.8 Å². The highest BCUT2D eigenvalue weighted by molar-refractivity contribution is 4.83. The molecule has 3 nitrogen and oxygen atoms in total. The van der Waals surface area contributed by atoms with Gasteiger partial charge < -0.3 is 10.1 Å². The number of rotatable bonds is 5. The van der Waals surface area contributed by atoms with Gasteiger partial charge >= 0.3 is 0 Å². The first-order valence-corrected chi connectivity index (χ1v) is 6.89. The average Bonchev–Trinajstić information content (AvgIpc) is 2.14. The van der Waals surface area contributed by atoms with E-state index in [1.165, 1.54) is 0 Å². The monoisotopic (exact) mass is 242 g/mol. The van der Waals surface area contributed by atoms with Crippen LogP contribution in [0.3, 0.4) is 0 Å². The second-order valence-corrected chi connectivity index (χ2v) is 6.59. The molecule has 0 aromatic heterocycles. The van der Waals surface area contributed by atoms with Crippen molar-refractivity contribution in [3.8, 4) is 0 Å². The summed E-state index contributed by atoms with van der Waals surface area (Å²) in [4.78, 5) is 2.51. The highest BCUT2D eigenvalue weighted by Gasteiger charge is 2.30. The van der Waals surface area contributed by atoms with Gasteiger partial charge in [0.1, 0.15) is 0 Å². The molecule has 1 fully saturated rings. The lowest BCUT2D eigenvalue weighted by molar-refractivity contribution is -0.128. The third kappa shape index (κ3) is 5.36. The topological polar surface area (TPSA) is 24.5 Å². The van der Waals surface area contributed by atoms with E-state index >= 15 is 0 Å². The molecule has 0 aliphatic carbocycles. The lowest BCUT2D eigenvalue weighted by Gasteiger charge is -2.42. The summed E-state index contributed by atoms with van der Waals surface area (Å²) in [6, 6.07) is 0. The lowest BCUT2D eigenvalue weighted by Crippen LogP contribution is -2.54. The molecule has 1 atom stereocenters. The van der Waals surface area contributed by atoms with Gasteiger partial charge in [0.15, 0.2) is 0 Å². The molecule has 1 saturated heterocycles. The van der Waals surface area contributed by atoms with Crippen molar-refractivity contribution in [2.24, 2.45) is 0 Å². The van der Waals surface area contributed by atoms with E-state index in [9.17, 15) is 0 Å². The van der Waals surface area contributed by atoms with Gasteiger partial charge in [-0.15, -0.1) is 0 Å². The minimum Gasteiger partial charge on any atom is -0.370 e. The van der Waals surface area contributed by atoms with Crippen LogP contribution in [0, 0.1) is 0 Å². The maximum Gasteiger partial charge on any atom is 0.0757 e. The standard InChI is InChI=1S/C14H30N2O/c1-7-13(3,4)15-8-9-16-10-12(2)17-14(5,6)11-16/h12,15H,7-11H2,1-6H3. The minimum atomic E-state index is -0.00204. The van der Waals surface area contributed by atoms with Crippen molar-refractivity contribution in [2.75, 3.05) is 26.2 Å². The third-order valence-electron chi connectivity index (χ3n) is 3.56. The Morgan fingerprint density at radius 3 is 2.59 bits per heavy atom. The van der Waals surface area contributed by atoms with Crippen molar-refractivity contribution in [1.29, 1.82) is 0 Å². The molecule has 1 N–H and O–H groups in total. The van der Waals surface area contributed by atoms with E-state index in [4.69, 9.17) is 4.74 Å². The fourth-order valence-corrected chi connectivity index (χ4v) is 2.43. The Kier molecular flexibility index (Phi) is 4.99. The van der Waals surface area contributed by atoms with E-state index in [1.54, 1.807) is 0 Å². The molecule has 1 aliphatic rings. The van der Waals surface area contributed by atoms with Crippen LogP contribution in [0.15, 0.2) is 0 Å². The Labute approximate surface area is 107 Å². The van der Waals surface area contributed by atoms with Crippen molar-refractivity contribution in [3.05, 3.63) is 0 Å². The molecule has 1 heterocycles. The number of ether oxygens (including phenoxy) is 1. The molecule has 0 aromatic carbocycles. The first kappa shape index (κ1) is 14.9. The molecule has 3 heteroatoms. The Balaban J connectivity index is 2.32. The molecule has 0 bridgehead atoms. The number of hydrogen-bond acceptors (Lipinski definition) is 3. The molecule has 0 spiro atoms. The zero-order valence-electron chi connectivity index (χ0n) is 12.5. The lowest BCUT2D eigenvalue weighted by atomic mass is 10.0. The van der Waals surface area contributed by atoms with E-state index in [0.29, 0.717) is 6.10 Å². The van der Waals surface area contributed by atoms with Crippen LogP contribution in [0.5, 0.6) is 0 Å². The van der Waals surface area contributed by atoms with E-state index in [-0.39, 0.29) is 11.1 Å². The van der Waals surface area contributed by atoms with Gasteiger partial charge in [-0.05, 0) is 41.0 Å². The number of nitrogens with one attached hydrogen (secondary N) is 1. The zero-order chi connectivity index (χ0) is 13.1. The van der Waals surface area contributed by atoms with Gasteiger partial charge in [-0.25, -0.2) is 0 Å². The number of hydrogen-bond donors (Lipinski definition) is 1. The molecule has 0 amide bonds. The van der Waals surface area contributed by atoms with E-state index in [0.717, 1.165) is 32.6 Å². The molecule has 0 radical (unpaired) electrons. The summed E-state index contributed by atoms with van der Waals surface area (Å²) in [5.41, 5.74) is 0.255. The smallest absolute Gasteiger partial charge is 0.0757 e. The van der Waals surface area contributed by atoms with Crippen LogP contribution in [0.4, 0.5) is 0 Å². The van der Waals surface area contributed by atoms with E-state index < -0.39 is 0 Å². The number of morpholine rings is 1. The highest BCUT2D eigenvalue weighted by Crippen LogP contribution is 2.20. The average molecular weight is 242 g/mol. The first-order valence-electron chi connectivity index (χ1n) is 6.89. The zero-order valence-corrected chi connectivity index (χ0v) is 12.5. The van der Waals surface area contributed by atoms with Crippen LogP contribution >= 0.6 is 0 Å². The summed E-state index contributed by atoms with van der Waals surface area (Å²) in [6.07, 6.45) is 1.51. The summed E-state index contributed by atoms with van der Waals surface area (Å²) in [5.74, 6) is 0. The van der Waals surface area contributed by atoms with Crippen molar-refractivity contribution >= 4 is 0 Å². The molecule has 102 valence electrons. The van der Waals surface area contributed by atoms with Gasteiger partial charge in [0.05, 0.1) is 11.7 Å². The fraction of sp³-hybridized carbons (Fsp3) is 1.00. The molecule has 1 rings (SSSR count). The van der Waals surface area contributed by atoms with E-state index in [1.807, 2.05) is 0 Å². The molecule has 0 saturated carbocycles. The SMILES string of the molecule is CCC(C)(C)NCCN1CC(C)OC(C)(C)C1. The predicted octanol–water partition coefficient (Wildman–Crippen LogP) is 2.26. The van der Waals surface area contributed by atoms with Crippen molar-refractivity contribution in [3.63, 3.8) is 0 Å². The van der Waals surface area contributed by atoms with Gasteiger partial charge in [-0.1, -0.05) is 6.92 Å².